The Morgan fingerprint density at radius 1 is 1.16 bits per heavy atom. The molecule has 1 aliphatic rings. The fraction of sp³-hybridized carbons (Fsp3) is 0.455. The first-order valence-electron chi connectivity index (χ1n) is 10.5. The smallest absolute Gasteiger partial charge is 0.254 e. The van der Waals surface area contributed by atoms with Crippen LogP contribution in [0, 0.1) is 0 Å². The van der Waals surface area contributed by atoms with Crippen molar-refractivity contribution in [2.45, 2.75) is 17.9 Å². The average molecular weight is 481 g/mol. The number of amides is 1. The number of carbonyl (C=O) groups is 1. The van der Waals surface area contributed by atoms with E-state index in [4.69, 9.17) is 16.3 Å². The number of rotatable bonds is 9. The molecule has 1 aromatic heterocycles. The Morgan fingerprint density at radius 2 is 1.84 bits per heavy atom. The van der Waals surface area contributed by atoms with Crippen LogP contribution in [0.4, 0.5) is 0 Å². The zero-order valence-electron chi connectivity index (χ0n) is 18.4. The Bertz CT molecular complexity index is 1010. The van der Waals surface area contributed by atoms with Gasteiger partial charge in [0.25, 0.3) is 5.91 Å². The molecule has 174 valence electrons. The third-order valence-electron chi connectivity index (χ3n) is 5.35. The molecule has 0 saturated carbocycles. The van der Waals surface area contributed by atoms with Gasteiger partial charge in [-0.15, -0.1) is 0 Å². The molecule has 3 rings (SSSR count). The summed E-state index contributed by atoms with van der Waals surface area (Å²) in [5, 5.41) is 0.0863. The van der Waals surface area contributed by atoms with E-state index in [-0.39, 0.29) is 21.4 Å². The van der Waals surface area contributed by atoms with Crippen LogP contribution in [0.3, 0.4) is 0 Å². The highest BCUT2D eigenvalue weighted by molar-refractivity contribution is 7.89. The summed E-state index contributed by atoms with van der Waals surface area (Å²) in [7, 11) is -0.912. The highest BCUT2D eigenvalue weighted by atomic mass is 35.5. The maximum Gasteiger partial charge on any atom is 0.254 e. The summed E-state index contributed by atoms with van der Waals surface area (Å²) in [4.78, 5) is 21.4. The summed E-state index contributed by atoms with van der Waals surface area (Å²) in [6.07, 6.45) is 4.18. The van der Waals surface area contributed by atoms with Crippen molar-refractivity contribution in [3.05, 3.63) is 58.9 Å². The molecule has 8 nitrogen and oxygen atoms in total. The number of halogens is 1. The third-order valence-corrected chi connectivity index (χ3v) is 7.65. The number of morpholine rings is 1. The van der Waals surface area contributed by atoms with Crippen LogP contribution < -0.4 is 0 Å². The van der Waals surface area contributed by atoms with E-state index in [1.54, 1.807) is 23.4 Å². The van der Waals surface area contributed by atoms with E-state index in [2.05, 4.69) is 9.88 Å². The van der Waals surface area contributed by atoms with Crippen LogP contribution in [0.1, 0.15) is 22.3 Å². The van der Waals surface area contributed by atoms with Gasteiger partial charge >= 0.3 is 0 Å². The van der Waals surface area contributed by atoms with Crippen molar-refractivity contribution in [3.63, 3.8) is 0 Å². The standard InChI is InChI=1S/C22H29ClN4O4S/c1-25(2)32(29,30)21-16-19(4-5-20(21)23)22(28)27(17-18-6-8-24-9-7-18)11-3-10-26-12-14-31-15-13-26/h4-9,16H,3,10-15,17H2,1-2H3. The second-order valence-corrected chi connectivity index (χ2v) is 10.3. The quantitative estimate of drug-likeness (QED) is 0.548. The zero-order chi connectivity index (χ0) is 23.1. The molecule has 1 fully saturated rings. The Morgan fingerprint density at radius 3 is 2.50 bits per heavy atom. The largest absolute Gasteiger partial charge is 0.379 e. The van der Waals surface area contributed by atoms with Crippen LogP contribution in [0.15, 0.2) is 47.6 Å². The molecule has 32 heavy (non-hydrogen) atoms. The van der Waals surface area contributed by atoms with Gasteiger partial charge in [-0.05, 0) is 42.3 Å². The summed E-state index contributed by atoms with van der Waals surface area (Å²) in [6.45, 7) is 5.05. The summed E-state index contributed by atoms with van der Waals surface area (Å²) in [6, 6.07) is 8.13. The average Bonchev–Trinajstić information content (AvgIpc) is 2.79. The number of hydrogen-bond acceptors (Lipinski definition) is 6. The minimum atomic E-state index is -3.78. The normalized spacial score (nSPS) is 15.1. The second kappa shape index (κ2) is 11.2. The number of nitrogens with zero attached hydrogens (tertiary/aromatic N) is 4. The van der Waals surface area contributed by atoms with Crippen LogP contribution >= 0.6 is 11.6 Å². The van der Waals surface area contributed by atoms with Crippen LogP contribution in [0.25, 0.3) is 0 Å². The minimum absolute atomic E-state index is 0.0767. The predicted molar refractivity (Wildman–Crippen MR) is 123 cm³/mol. The summed E-state index contributed by atoms with van der Waals surface area (Å²) in [5.74, 6) is -0.240. The summed E-state index contributed by atoms with van der Waals surface area (Å²) < 4.78 is 31.7. The Hall–Kier alpha value is -2.04. The van der Waals surface area contributed by atoms with Crippen LogP contribution in [-0.2, 0) is 21.3 Å². The molecule has 0 atom stereocenters. The molecule has 0 unspecified atom stereocenters. The van der Waals surface area contributed by atoms with Gasteiger partial charge in [-0.25, -0.2) is 12.7 Å². The summed E-state index contributed by atoms with van der Waals surface area (Å²) in [5.41, 5.74) is 1.24. The van der Waals surface area contributed by atoms with Crippen molar-refractivity contribution in [3.8, 4) is 0 Å². The van der Waals surface area contributed by atoms with E-state index >= 15 is 0 Å². The fourth-order valence-corrected chi connectivity index (χ4v) is 4.88. The van der Waals surface area contributed by atoms with E-state index in [0.29, 0.717) is 13.1 Å². The van der Waals surface area contributed by atoms with Crippen LogP contribution in [-0.4, -0.2) is 86.9 Å². The highest BCUT2D eigenvalue weighted by Crippen LogP contribution is 2.25. The molecule has 1 saturated heterocycles. The van der Waals surface area contributed by atoms with E-state index in [9.17, 15) is 13.2 Å². The lowest BCUT2D eigenvalue weighted by molar-refractivity contribution is 0.0355. The van der Waals surface area contributed by atoms with Gasteiger partial charge in [0.2, 0.25) is 10.0 Å². The molecule has 0 bridgehead atoms. The lowest BCUT2D eigenvalue weighted by atomic mass is 10.1. The molecule has 2 heterocycles. The Kier molecular flexibility index (Phi) is 8.61. The Balaban J connectivity index is 1.80. The van der Waals surface area contributed by atoms with E-state index < -0.39 is 10.0 Å². The van der Waals surface area contributed by atoms with Gasteiger partial charge in [-0.2, -0.15) is 0 Å². The van der Waals surface area contributed by atoms with Gasteiger partial charge in [0.05, 0.1) is 18.2 Å². The van der Waals surface area contributed by atoms with Crippen molar-refractivity contribution in [2.24, 2.45) is 0 Å². The number of ether oxygens (including phenoxy) is 1. The molecule has 0 N–H and O–H groups in total. The van der Waals surface area contributed by atoms with Gasteiger partial charge in [-0.1, -0.05) is 11.6 Å². The van der Waals surface area contributed by atoms with Crippen molar-refractivity contribution < 1.29 is 17.9 Å². The maximum atomic E-state index is 13.4. The number of hydrogen-bond donors (Lipinski definition) is 0. The lowest BCUT2D eigenvalue weighted by Crippen LogP contribution is -2.39. The van der Waals surface area contributed by atoms with Gasteiger partial charge in [0.1, 0.15) is 4.90 Å². The lowest BCUT2D eigenvalue weighted by Gasteiger charge is -2.28. The topological polar surface area (TPSA) is 83.1 Å². The highest BCUT2D eigenvalue weighted by Gasteiger charge is 2.24. The monoisotopic (exact) mass is 480 g/mol. The molecule has 1 amide bonds. The molecular weight excluding hydrogens is 452 g/mol. The van der Waals surface area contributed by atoms with Crippen molar-refractivity contribution in [2.75, 3.05) is 53.5 Å². The first-order valence-corrected chi connectivity index (χ1v) is 12.3. The van der Waals surface area contributed by atoms with Gasteiger partial charge in [0.15, 0.2) is 0 Å². The molecule has 0 radical (unpaired) electrons. The Labute approximate surface area is 194 Å². The van der Waals surface area contributed by atoms with E-state index in [1.807, 2.05) is 12.1 Å². The number of sulfonamides is 1. The van der Waals surface area contributed by atoms with E-state index in [0.717, 1.165) is 49.1 Å². The van der Waals surface area contributed by atoms with Gasteiger partial charge in [-0.3, -0.25) is 14.7 Å². The number of benzene rings is 1. The van der Waals surface area contributed by atoms with Gasteiger partial charge in [0, 0.05) is 64.8 Å². The van der Waals surface area contributed by atoms with Crippen molar-refractivity contribution in [1.29, 1.82) is 0 Å². The van der Waals surface area contributed by atoms with Crippen molar-refractivity contribution in [1.82, 2.24) is 19.1 Å². The number of carbonyl (C=O) groups excluding carboxylic acids is 1. The van der Waals surface area contributed by atoms with Crippen molar-refractivity contribution >= 4 is 27.5 Å². The van der Waals surface area contributed by atoms with Crippen LogP contribution in [0.5, 0.6) is 0 Å². The molecule has 1 aliphatic heterocycles. The molecule has 0 aliphatic carbocycles. The fourth-order valence-electron chi connectivity index (χ4n) is 3.48. The number of pyridine rings is 1. The predicted octanol–water partition coefficient (Wildman–Crippen LogP) is 2.35. The molecule has 0 spiro atoms. The van der Waals surface area contributed by atoms with Crippen LogP contribution in [0.2, 0.25) is 5.02 Å². The third kappa shape index (κ3) is 6.26. The first kappa shape index (κ1) is 24.6. The first-order chi connectivity index (χ1) is 15.3. The zero-order valence-corrected chi connectivity index (χ0v) is 20.0. The summed E-state index contributed by atoms with van der Waals surface area (Å²) >= 11 is 6.16. The van der Waals surface area contributed by atoms with Gasteiger partial charge < -0.3 is 9.64 Å². The molecule has 10 heteroatoms. The number of aromatic nitrogens is 1. The second-order valence-electron chi connectivity index (χ2n) is 7.82. The SMILES string of the molecule is CN(C)S(=O)(=O)c1cc(C(=O)N(CCCN2CCOCC2)Cc2ccncc2)ccc1Cl. The maximum absolute atomic E-state index is 13.4. The molecule has 1 aromatic carbocycles. The molecular formula is C22H29ClN4O4S. The molecule has 2 aromatic rings. The van der Waals surface area contributed by atoms with E-state index in [1.165, 1.54) is 26.2 Å². The minimum Gasteiger partial charge on any atom is -0.379 e.